The van der Waals surface area contributed by atoms with Crippen molar-refractivity contribution in [1.82, 2.24) is 4.90 Å². The van der Waals surface area contributed by atoms with Gasteiger partial charge in [0, 0.05) is 12.6 Å². The Bertz CT molecular complexity index is 799. The van der Waals surface area contributed by atoms with Gasteiger partial charge in [-0.25, -0.2) is 0 Å². The van der Waals surface area contributed by atoms with E-state index in [0.29, 0.717) is 0 Å². The van der Waals surface area contributed by atoms with E-state index in [1.807, 2.05) is 17.5 Å². The van der Waals surface area contributed by atoms with Crippen LogP contribution in [0.3, 0.4) is 0 Å². The summed E-state index contributed by atoms with van der Waals surface area (Å²) in [7, 11) is 0. The highest BCUT2D eigenvalue weighted by Crippen LogP contribution is 2.35. The van der Waals surface area contributed by atoms with Gasteiger partial charge in [0.05, 0.1) is 16.3 Å². The third kappa shape index (κ3) is 4.56. The molecule has 0 spiro atoms. The SMILES string of the molecule is Cc1ccccc1C(=CCCN1CCC[C@H]1CC(=O)O)c1sccc1Cl. The quantitative estimate of drug-likeness (QED) is 0.682. The highest BCUT2D eigenvalue weighted by molar-refractivity contribution is 7.11. The van der Waals surface area contributed by atoms with E-state index in [4.69, 9.17) is 16.7 Å². The molecule has 26 heavy (non-hydrogen) atoms. The van der Waals surface area contributed by atoms with Gasteiger partial charge < -0.3 is 5.11 Å². The number of thiophene rings is 1. The van der Waals surface area contributed by atoms with Crippen molar-refractivity contribution in [2.24, 2.45) is 0 Å². The molecule has 0 saturated carbocycles. The molecule has 1 aliphatic rings. The molecule has 1 aliphatic heterocycles. The van der Waals surface area contributed by atoms with Crippen molar-refractivity contribution in [2.75, 3.05) is 13.1 Å². The molecule has 1 aromatic carbocycles. The Hall–Kier alpha value is -1.62. The maximum absolute atomic E-state index is 11.0. The van der Waals surface area contributed by atoms with Crippen molar-refractivity contribution in [2.45, 2.75) is 38.6 Å². The largest absolute Gasteiger partial charge is 0.481 e. The van der Waals surface area contributed by atoms with Gasteiger partial charge in [0.2, 0.25) is 0 Å². The topological polar surface area (TPSA) is 40.5 Å². The first-order valence-corrected chi connectivity index (χ1v) is 10.3. The number of benzene rings is 1. The number of halogens is 1. The Morgan fingerprint density at radius 3 is 2.88 bits per heavy atom. The molecule has 0 aliphatic carbocycles. The van der Waals surface area contributed by atoms with Gasteiger partial charge >= 0.3 is 5.97 Å². The van der Waals surface area contributed by atoms with Crippen molar-refractivity contribution in [3.63, 3.8) is 0 Å². The van der Waals surface area contributed by atoms with E-state index >= 15 is 0 Å². The highest BCUT2D eigenvalue weighted by Gasteiger charge is 2.25. The summed E-state index contributed by atoms with van der Waals surface area (Å²) in [5.74, 6) is -0.705. The third-order valence-electron chi connectivity index (χ3n) is 4.97. The number of hydrogen-bond donors (Lipinski definition) is 1. The molecule has 1 saturated heterocycles. The second kappa shape index (κ2) is 8.85. The molecule has 2 aromatic rings. The molecule has 0 amide bonds. The summed E-state index contributed by atoms with van der Waals surface area (Å²) in [5.41, 5.74) is 3.62. The fourth-order valence-corrected chi connectivity index (χ4v) is 4.90. The minimum Gasteiger partial charge on any atom is -0.481 e. The van der Waals surface area contributed by atoms with E-state index in [2.05, 4.69) is 36.1 Å². The van der Waals surface area contributed by atoms with E-state index < -0.39 is 5.97 Å². The first kappa shape index (κ1) is 19.2. The molecule has 138 valence electrons. The summed E-state index contributed by atoms with van der Waals surface area (Å²) in [5, 5.41) is 11.9. The number of aliphatic carboxylic acids is 1. The Morgan fingerprint density at radius 1 is 1.38 bits per heavy atom. The van der Waals surface area contributed by atoms with Gasteiger partial charge in [0.1, 0.15) is 0 Å². The van der Waals surface area contributed by atoms with Crippen molar-refractivity contribution < 1.29 is 9.90 Å². The van der Waals surface area contributed by atoms with Gasteiger partial charge in [-0.15, -0.1) is 11.3 Å². The van der Waals surface area contributed by atoms with Crippen molar-refractivity contribution in [3.8, 4) is 0 Å². The molecule has 5 heteroatoms. The molecular weight excluding hydrogens is 366 g/mol. The van der Waals surface area contributed by atoms with Crippen LogP contribution in [-0.2, 0) is 4.79 Å². The molecule has 2 heterocycles. The van der Waals surface area contributed by atoms with Crippen molar-refractivity contribution in [3.05, 3.63) is 62.8 Å². The van der Waals surface area contributed by atoms with Crippen LogP contribution < -0.4 is 0 Å². The Kier molecular flexibility index (Phi) is 6.52. The number of carboxylic acid groups (broad SMARTS) is 1. The predicted molar refractivity (Wildman–Crippen MR) is 109 cm³/mol. The number of likely N-dealkylation sites (tertiary alicyclic amines) is 1. The zero-order valence-electron chi connectivity index (χ0n) is 15.0. The Labute approximate surface area is 163 Å². The number of rotatable bonds is 7. The summed E-state index contributed by atoms with van der Waals surface area (Å²) in [6.07, 6.45) is 5.45. The predicted octanol–water partition coefficient (Wildman–Crippen LogP) is 5.47. The number of carbonyl (C=O) groups is 1. The lowest BCUT2D eigenvalue weighted by molar-refractivity contribution is -0.138. The van der Waals surface area contributed by atoms with Crippen LogP contribution in [0.15, 0.2) is 41.8 Å². The van der Waals surface area contributed by atoms with Crippen LogP contribution in [0, 0.1) is 6.92 Å². The summed E-state index contributed by atoms with van der Waals surface area (Å²) >= 11 is 8.08. The van der Waals surface area contributed by atoms with Crippen LogP contribution in [0.2, 0.25) is 5.02 Å². The van der Waals surface area contributed by atoms with E-state index in [1.54, 1.807) is 11.3 Å². The first-order chi connectivity index (χ1) is 12.6. The lowest BCUT2D eigenvalue weighted by Gasteiger charge is -2.22. The number of hydrogen-bond acceptors (Lipinski definition) is 3. The average molecular weight is 390 g/mol. The monoisotopic (exact) mass is 389 g/mol. The van der Waals surface area contributed by atoms with E-state index in [1.165, 1.54) is 16.7 Å². The minimum atomic E-state index is -0.705. The molecule has 1 fully saturated rings. The van der Waals surface area contributed by atoms with Crippen LogP contribution in [0.1, 0.15) is 41.7 Å². The Balaban J connectivity index is 1.79. The standard InChI is InChI=1S/C21H24ClNO2S/c1-15-6-2-3-8-17(15)18(21-19(22)10-13-26-21)9-5-12-23-11-4-7-16(23)14-20(24)25/h2-3,6,8-10,13,16H,4-5,7,11-12,14H2,1H3,(H,24,25)/t16-/m0/s1. The summed E-state index contributed by atoms with van der Waals surface area (Å²) in [6.45, 7) is 4.00. The molecular formula is C21H24ClNO2S. The van der Waals surface area contributed by atoms with Gasteiger partial charge in [-0.2, -0.15) is 0 Å². The van der Waals surface area contributed by atoms with Crippen LogP contribution in [0.5, 0.6) is 0 Å². The van der Waals surface area contributed by atoms with Gasteiger partial charge in [0.25, 0.3) is 0 Å². The second-order valence-electron chi connectivity index (χ2n) is 6.75. The molecule has 3 nitrogen and oxygen atoms in total. The maximum atomic E-state index is 11.0. The number of aryl methyl sites for hydroxylation is 1. The van der Waals surface area contributed by atoms with Crippen molar-refractivity contribution in [1.29, 1.82) is 0 Å². The maximum Gasteiger partial charge on any atom is 0.304 e. The summed E-state index contributed by atoms with van der Waals surface area (Å²) < 4.78 is 0. The van der Waals surface area contributed by atoms with Crippen LogP contribution in [-0.4, -0.2) is 35.1 Å². The summed E-state index contributed by atoms with van der Waals surface area (Å²) in [6, 6.07) is 10.5. The minimum absolute atomic E-state index is 0.174. The highest BCUT2D eigenvalue weighted by atomic mass is 35.5. The second-order valence-corrected chi connectivity index (χ2v) is 8.07. The molecule has 0 radical (unpaired) electrons. The van der Waals surface area contributed by atoms with Gasteiger partial charge in [-0.05, 0) is 60.9 Å². The number of nitrogens with zero attached hydrogens (tertiary/aromatic N) is 1. The molecule has 1 aromatic heterocycles. The van der Waals surface area contributed by atoms with Gasteiger partial charge in [0.15, 0.2) is 0 Å². The smallest absolute Gasteiger partial charge is 0.304 e. The fourth-order valence-electron chi connectivity index (χ4n) is 3.68. The fraction of sp³-hybridized carbons (Fsp3) is 0.381. The summed E-state index contributed by atoms with van der Waals surface area (Å²) in [4.78, 5) is 14.5. The van der Waals surface area contributed by atoms with Crippen LogP contribution in [0.4, 0.5) is 0 Å². The van der Waals surface area contributed by atoms with E-state index in [9.17, 15) is 4.79 Å². The number of carboxylic acids is 1. The van der Waals surface area contributed by atoms with Gasteiger partial charge in [-0.3, -0.25) is 9.69 Å². The molecule has 1 N–H and O–H groups in total. The van der Waals surface area contributed by atoms with E-state index in [0.717, 1.165) is 42.3 Å². The van der Waals surface area contributed by atoms with Crippen molar-refractivity contribution >= 4 is 34.5 Å². The lowest BCUT2D eigenvalue weighted by Crippen LogP contribution is -2.32. The Morgan fingerprint density at radius 2 is 2.19 bits per heavy atom. The molecule has 0 unspecified atom stereocenters. The van der Waals surface area contributed by atoms with Gasteiger partial charge in [-0.1, -0.05) is 41.9 Å². The van der Waals surface area contributed by atoms with Crippen LogP contribution >= 0.6 is 22.9 Å². The lowest BCUT2D eigenvalue weighted by atomic mass is 9.98. The first-order valence-electron chi connectivity index (χ1n) is 9.01. The third-order valence-corrected chi connectivity index (χ3v) is 6.35. The van der Waals surface area contributed by atoms with Crippen LogP contribution in [0.25, 0.3) is 5.57 Å². The molecule has 0 bridgehead atoms. The normalized spacial score (nSPS) is 18.4. The molecule has 3 rings (SSSR count). The zero-order valence-corrected chi connectivity index (χ0v) is 16.5. The molecule has 1 atom stereocenters. The average Bonchev–Trinajstić information content (AvgIpc) is 3.21. The zero-order chi connectivity index (χ0) is 18.5. The van der Waals surface area contributed by atoms with E-state index in [-0.39, 0.29) is 12.5 Å².